The highest BCUT2D eigenvalue weighted by atomic mass is 16.5. The maximum Gasteiger partial charge on any atom is 0.260 e. The largest absolute Gasteiger partial charge is 0.484 e. The van der Waals surface area contributed by atoms with Gasteiger partial charge in [-0.2, -0.15) is 0 Å². The first-order chi connectivity index (χ1) is 8.54. The zero-order valence-corrected chi connectivity index (χ0v) is 11.3. The molecule has 0 aromatic heterocycles. The number of nitrogens with zero attached hydrogens (tertiary/aromatic N) is 1. The highest BCUT2D eigenvalue weighted by Crippen LogP contribution is 2.11. The third kappa shape index (κ3) is 4.37. The van der Waals surface area contributed by atoms with Crippen molar-refractivity contribution in [3.63, 3.8) is 0 Å². The van der Waals surface area contributed by atoms with Crippen LogP contribution in [0.1, 0.15) is 19.4 Å². The Morgan fingerprint density at radius 2 is 1.94 bits per heavy atom. The number of rotatable bonds is 6. The summed E-state index contributed by atoms with van der Waals surface area (Å²) in [6.07, 6.45) is 0. The zero-order valence-electron chi connectivity index (χ0n) is 11.3. The van der Waals surface area contributed by atoms with Crippen LogP contribution in [0.4, 0.5) is 0 Å². The van der Waals surface area contributed by atoms with Crippen LogP contribution in [0.5, 0.6) is 5.75 Å². The Kier molecular flexibility index (Phi) is 5.65. The van der Waals surface area contributed by atoms with Crippen molar-refractivity contribution in [2.75, 3.05) is 19.7 Å². The third-order valence-corrected chi connectivity index (χ3v) is 2.70. The van der Waals surface area contributed by atoms with Crippen molar-refractivity contribution in [3.8, 4) is 5.75 Å². The van der Waals surface area contributed by atoms with Crippen LogP contribution < -0.4 is 10.5 Å². The van der Waals surface area contributed by atoms with Gasteiger partial charge in [0.1, 0.15) is 5.75 Å². The van der Waals surface area contributed by atoms with Gasteiger partial charge < -0.3 is 15.4 Å². The number of carbonyl (C=O) groups is 1. The molecule has 0 unspecified atom stereocenters. The lowest BCUT2D eigenvalue weighted by molar-refractivity contribution is -0.134. The van der Waals surface area contributed by atoms with Crippen molar-refractivity contribution < 1.29 is 9.53 Å². The molecule has 0 radical (unpaired) electrons. The molecule has 0 saturated carbocycles. The summed E-state index contributed by atoms with van der Waals surface area (Å²) in [6, 6.07) is 7.79. The molecule has 0 aliphatic heterocycles. The van der Waals surface area contributed by atoms with Gasteiger partial charge in [0.15, 0.2) is 6.61 Å². The molecule has 0 bridgehead atoms. The predicted octanol–water partition coefficient (Wildman–Crippen LogP) is 1.57. The smallest absolute Gasteiger partial charge is 0.260 e. The quantitative estimate of drug-likeness (QED) is 0.833. The van der Waals surface area contributed by atoms with Crippen LogP contribution in [0.3, 0.4) is 0 Å². The van der Waals surface area contributed by atoms with Crippen molar-refractivity contribution in [2.24, 2.45) is 5.73 Å². The first-order valence-corrected chi connectivity index (χ1v) is 6.23. The molecule has 4 nitrogen and oxygen atoms in total. The Labute approximate surface area is 109 Å². The highest BCUT2D eigenvalue weighted by molar-refractivity contribution is 5.78. The molecule has 1 rings (SSSR count). The van der Waals surface area contributed by atoms with Crippen LogP contribution in [0.2, 0.25) is 0 Å². The van der Waals surface area contributed by atoms with E-state index in [-0.39, 0.29) is 18.6 Å². The summed E-state index contributed by atoms with van der Waals surface area (Å²) in [7, 11) is 0. The van der Waals surface area contributed by atoms with Gasteiger partial charge in [-0.05, 0) is 32.9 Å². The predicted molar refractivity (Wildman–Crippen MR) is 72.6 cm³/mol. The van der Waals surface area contributed by atoms with Gasteiger partial charge in [-0.25, -0.2) is 0 Å². The van der Waals surface area contributed by atoms with Crippen LogP contribution >= 0.6 is 0 Å². The first kappa shape index (κ1) is 14.5. The fourth-order valence-corrected chi connectivity index (χ4v) is 1.67. The zero-order chi connectivity index (χ0) is 13.5. The Morgan fingerprint density at radius 3 is 2.44 bits per heavy atom. The van der Waals surface area contributed by atoms with E-state index in [4.69, 9.17) is 10.5 Å². The van der Waals surface area contributed by atoms with E-state index in [9.17, 15) is 4.79 Å². The Hall–Kier alpha value is -1.55. The molecule has 0 atom stereocenters. The van der Waals surface area contributed by atoms with Crippen molar-refractivity contribution in [2.45, 2.75) is 26.8 Å². The maximum atomic E-state index is 12.0. The maximum absolute atomic E-state index is 12.0. The fourth-order valence-electron chi connectivity index (χ4n) is 1.67. The number of ether oxygens (including phenoxy) is 1. The number of hydrogen-bond donors (Lipinski definition) is 1. The number of aryl methyl sites for hydroxylation is 1. The Bertz CT molecular complexity index is 374. The molecule has 4 heteroatoms. The van der Waals surface area contributed by atoms with Gasteiger partial charge in [-0.3, -0.25) is 4.79 Å². The van der Waals surface area contributed by atoms with E-state index < -0.39 is 0 Å². The standard InChI is InChI=1S/C14H22N2O2/c1-11(2)16(9-8-15)14(17)10-18-13-6-4-12(3)5-7-13/h4-7,11H,8-10,15H2,1-3H3. The van der Waals surface area contributed by atoms with E-state index in [2.05, 4.69) is 0 Å². The van der Waals surface area contributed by atoms with Gasteiger partial charge in [0.25, 0.3) is 5.91 Å². The van der Waals surface area contributed by atoms with E-state index in [0.29, 0.717) is 18.8 Å². The first-order valence-electron chi connectivity index (χ1n) is 6.23. The van der Waals surface area contributed by atoms with E-state index in [0.717, 1.165) is 0 Å². The summed E-state index contributed by atoms with van der Waals surface area (Å²) in [5.41, 5.74) is 6.66. The van der Waals surface area contributed by atoms with Crippen molar-refractivity contribution in [1.82, 2.24) is 4.90 Å². The average Bonchev–Trinajstić information content (AvgIpc) is 2.34. The van der Waals surface area contributed by atoms with Crippen molar-refractivity contribution >= 4 is 5.91 Å². The molecule has 18 heavy (non-hydrogen) atoms. The Balaban J connectivity index is 2.51. The summed E-state index contributed by atoms with van der Waals surface area (Å²) in [5, 5.41) is 0. The minimum absolute atomic E-state index is 0.0315. The topological polar surface area (TPSA) is 55.6 Å². The van der Waals surface area contributed by atoms with Gasteiger partial charge in [0.2, 0.25) is 0 Å². The van der Waals surface area contributed by atoms with Crippen LogP contribution in [-0.2, 0) is 4.79 Å². The van der Waals surface area contributed by atoms with Crippen LogP contribution in [-0.4, -0.2) is 36.5 Å². The fraction of sp³-hybridized carbons (Fsp3) is 0.500. The molecular formula is C14H22N2O2. The number of carbonyl (C=O) groups excluding carboxylic acids is 1. The molecule has 0 heterocycles. The second-order valence-electron chi connectivity index (χ2n) is 4.57. The number of hydrogen-bond acceptors (Lipinski definition) is 3. The van der Waals surface area contributed by atoms with Gasteiger partial charge in [-0.15, -0.1) is 0 Å². The summed E-state index contributed by atoms with van der Waals surface area (Å²) in [6.45, 7) is 7.04. The number of amides is 1. The summed E-state index contributed by atoms with van der Waals surface area (Å²) in [5.74, 6) is 0.682. The number of benzene rings is 1. The van der Waals surface area contributed by atoms with E-state index in [1.54, 1.807) is 4.90 Å². The minimum atomic E-state index is -0.0315. The molecule has 0 saturated heterocycles. The van der Waals surface area contributed by atoms with Crippen LogP contribution in [0.25, 0.3) is 0 Å². The summed E-state index contributed by atoms with van der Waals surface area (Å²) in [4.78, 5) is 13.7. The normalized spacial score (nSPS) is 10.5. The molecule has 1 aromatic carbocycles. The molecule has 1 aromatic rings. The molecule has 0 fully saturated rings. The molecule has 0 aliphatic rings. The third-order valence-electron chi connectivity index (χ3n) is 2.70. The van der Waals surface area contributed by atoms with Crippen molar-refractivity contribution in [1.29, 1.82) is 0 Å². The molecule has 0 aliphatic carbocycles. The second-order valence-corrected chi connectivity index (χ2v) is 4.57. The van der Waals surface area contributed by atoms with Gasteiger partial charge in [0.05, 0.1) is 0 Å². The van der Waals surface area contributed by atoms with E-state index in [1.807, 2.05) is 45.0 Å². The van der Waals surface area contributed by atoms with Gasteiger partial charge in [-0.1, -0.05) is 17.7 Å². The molecule has 1 amide bonds. The second kappa shape index (κ2) is 7.01. The molecular weight excluding hydrogens is 228 g/mol. The average molecular weight is 250 g/mol. The summed E-state index contributed by atoms with van der Waals surface area (Å²) < 4.78 is 5.47. The van der Waals surface area contributed by atoms with Gasteiger partial charge >= 0.3 is 0 Å². The van der Waals surface area contributed by atoms with Crippen LogP contribution in [0.15, 0.2) is 24.3 Å². The summed E-state index contributed by atoms with van der Waals surface area (Å²) >= 11 is 0. The Morgan fingerprint density at radius 1 is 1.33 bits per heavy atom. The molecule has 0 spiro atoms. The van der Waals surface area contributed by atoms with E-state index in [1.165, 1.54) is 5.56 Å². The lowest BCUT2D eigenvalue weighted by Gasteiger charge is -2.26. The molecule has 100 valence electrons. The highest BCUT2D eigenvalue weighted by Gasteiger charge is 2.16. The van der Waals surface area contributed by atoms with Crippen LogP contribution in [0, 0.1) is 6.92 Å². The monoisotopic (exact) mass is 250 g/mol. The van der Waals surface area contributed by atoms with Crippen molar-refractivity contribution in [3.05, 3.63) is 29.8 Å². The van der Waals surface area contributed by atoms with Gasteiger partial charge in [0, 0.05) is 19.1 Å². The van der Waals surface area contributed by atoms with E-state index >= 15 is 0 Å². The lowest BCUT2D eigenvalue weighted by Crippen LogP contribution is -2.42. The lowest BCUT2D eigenvalue weighted by atomic mass is 10.2. The number of nitrogens with two attached hydrogens (primary N) is 1. The SMILES string of the molecule is Cc1ccc(OCC(=O)N(CCN)C(C)C)cc1. The molecule has 2 N–H and O–H groups in total. The minimum Gasteiger partial charge on any atom is -0.484 e.